The number of carbonyl (C=O) groups excluding carboxylic acids is 1. The number of nitro groups is 1. The van der Waals surface area contributed by atoms with Gasteiger partial charge in [-0.3, -0.25) is 14.9 Å². The molecule has 0 aromatic heterocycles. The number of hydrazone groups is 1. The van der Waals surface area contributed by atoms with Gasteiger partial charge in [-0.05, 0) is 36.8 Å². The lowest BCUT2D eigenvalue weighted by Gasteiger charge is -2.07. The van der Waals surface area contributed by atoms with Gasteiger partial charge in [-0.25, -0.2) is 5.43 Å². The van der Waals surface area contributed by atoms with Crippen LogP contribution in [0.2, 0.25) is 0 Å². The van der Waals surface area contributed by atoms with Gasteiger partial charge in [-0.1, -0.05) is 12.1 Å². The Labute approximate surface area is 149 Å². The highest BCUT2D eigenvalue weighted by atomic mass is 16.6. The van der Waals surface area contributed by atoms with Crippen molar-refractivity contribution < 1.29 is 19.6 Å². The van der Waals surface area contributed by atoms with Crippen LogP contribution in [-0.2, 0) is 4.79 Å². The van der Waals surface area contributed by atoms with Gasteiger partial charge < -0.3 is 15.2 Å². The molecule has 0 fully saturated rings. The first-order chi connectivity index (χ1) is 12.4. The van der Waals surface area contributed by atoms with Gasteiger partial charge in [0.2, 0.25) is 5.75 Å². The fraction of sp³-hybridized carbons (Fsp3) is 0.176. The van der Waals surface area contributed by atoms with Crippen LogP contribution in [0.5, 0.6) is 11.5 Å². The number of hydrogen-bond donors (Lipinski definition) is 3. The first-order valence-corrected chi connectivity index (χ1v) is 7.59. The number of aryl methyl sites for hydroxylation is 1. The molecule has 9 heteroatoms. The van der Waals surface area contributed by atoms with Crippen molar-refractivity contribution in [2.75, 3.05) is 19.0 Å². The molecule has 0 aliphatic rings. The lowest BCUT2D eigenvalue weighted by atomic mass is 10.1. The predicted octanol–water partition coefficient (Wildman–Crippen LogP) is 2.18. The molecule has 9 nitrogen and oxygen atoms in total. The molecule has 0 saturated heterocycles. The summed E-state index contributed by atoms with van der Waals surface area (Å²) in [4.78, 5) is 22.3. The molecule has 0 bridgehead atoms. The Morgan fingerprint density at radius 1 is 1.38 bits per heavy atom. The summed E-state index contributed by atoms with van der Waals surface area (Å²) >= 11 is 0. The molecule has 2 rings (SSSR count). The summed E-state index contributed by atoms with van der Waals surface area (Å²) in [7, 11) is 1.21. The molecular formula is C17H18N4O5. The van der Waals surface area contributed by atoms with Gasteiger partial charge in [0, 0.05) is 5.69 Å². The van der Waals surface area contributed by atoms with E-state index in [0.717, 1.165) is 17.5 Å². The van der Waals surface area contributed by atoms with Crippen molar-refractivity contribution in [1.82, 2.24) is 5.43 Å². The Bertz CT molecular complexity index is 851. The minimum Gasteiger partial charge on any atom is -0.504 e. The summed E-state index contributed by atoms with van der Waals surface area (Å²) in [6.45, 7) is 1.93. The SMILES string of the molecule is COc1c(O)ccc(/C=N/NC(=O)CNc2cccc(C)c2)c1[N+](=O)[O-]. The first kappa shape index (κ1) is 18.7. The minimum absolute atomic E-state index is 0.0121. The number of benzene rings is 2. The molecule has 1 amide bonds. The highest BCUT2D eigenvalue weighted by molar-refractivity contribution is 5.89. The number of nitro benzene ring substituents is 1. The molecule has 136 valence electrons. The third-order valence-electron chi connectivity index (χ3n) is 3.39. The molecule has 2 aromatic carbocycles. The molecule has 2 aromatic rings. The van der Waals surface area contributed by atoms with Crippen molar-refractivity contribution in [2.24, 2.45) is 5.10 Å². The molecule has 0 atom stereocenters. The number of nitrogens with zero attached hydrogens (tertiary/aromatic N) is 2. The third kappa shape index (κ3) is 4.69. The second-order valence-corrected chi connectivity index (χ2v) is 5.33. The number of anilines is 1. The van der Waals surface area contributed by atoms with Crippen molar-refractivity contribution in [1.29, 1.82) is 0 Å². The van der Waals surface area contributed by atoms with E-state index in [1.54, 1.807) is 0 Å². The normalized spacial score (nSPS) is 10.5. The number of rotatable bonds is 7. The lowest BCUT2D eigenvalue weighted by Crippen LogP contribution is -2.25. The summed E-state index contributed by atoms with van der Waals surface area (Å²) in [5.41, 5.74) is 3.77. The monoisotopic (exact) mass is 358 g/mol. The standard InChI is InChI=1S/C17H18N4O5/c1-11-4-3-5-13(8-11)18-10-15(23)20-19-9-12-6-7-14(22)17(26-2)16(12)21(24)25/h3-9,18,22H,10H2,1-2H3,(H,20,23)/b19-9+. The number of phenolic OH excluding ortho intramolecular Hbond substituents is 1. The van der Waals surface area contributed by atoms with Crippen LogP contribution in [-0.4, -0.2) is 35.8 Å². The molecule has 0 spiro atoms. The summed E-state index contributed by atoms with van der Waals surface area (Å²) in [5, 5.41) is 27.5. The zero-order chi connectivity index (χ0) is 19.1. The predicted molar refractivity (Wildman–Crippen MR) is 96.7 cm³/mol. The van der Waals surface area contributed by atoms with E-state index in [0.29, 0.717) is 0 Å². The Kier molecular flexibility index (Phi) is 6.10. The summed E-state index contributed by atoms with van der Waals surface area (Å²) in [6, 6.07) is 10.1. The van der Waals surface area contributed by atoms with E-state index in [-0.39, 0.29) is 23.6 Å². The Morgan fingerprint density at radius 3 is 2.81 bits per heavy atom. The van der Waals surface area contributed by atoms with Crippen molar-refractivity contribution in [3.05, 3.63) is 57.6 Å². The fourth-order valence-electron chi connectivity index (χ4n) is 2.22. The van der Waals surface area contributed by atoms with Gasteiger partial charge in [0.15, 0.2) is 5.75 Å². The molecule has 3 N–H and O–H groups in total. The molecule has 0 aliphatic heterocycles. The number of nitrogens with one attached hydrogen (secondary N) is 2. The van der Waals surface area contributed by atoms with E-state index in [2.05, 4.69) is 15.8 Å². The van der Waals surface area contributed by atoms with Gasteiger partial charge in [0.1, 0.15) is 0 Å². The summed E-state index contributed by atoms with van der Waals surface area (Å²) < 4.78 is 4.85. The second kappa shape index (κ2) is 8.47. The smallest absolute Gasteiger partial charge is 0.323 e. The molecule has 0 unspecified atom stereocenters. The number of carbonyl (C=O) groups is 1. The second-order valence-electron chi connectivity index (χ2n) is 5.33. The zero-order valence-electron chi connectivity index (χ0n) is 14.2. The molecule has 0 radical (unpaired) electrons. The highest BCUT2D eigenvalue weighted by Gasteiger charge is 2.23. The van der Waals surface area contributed by atoms with Crippen LogP contribution in [0.3, 0.4) is 0 Å². The number of methoxy groups -OCH3 is 1. The van der Waals surface area contributed by atoms with Gasteiger partial charge in [0.25, 0.3) is 5.91 Å². The molecule has 0 aliphatic carbocycles. The van der Waals surface area contributed by atoms with E-state index in [9.17, 15) is 20.0 Å². The third-order valence-corrected chi connectivity index (χ3v) is 3.39. The number of hydrogen-bond acceptors (Lipinski definition) is 7. The maximum absolute atomic E-state index is 11.8. The van der Waals surface area contributed by atoms with Crippen LogP contribution in [0.1, 0.15) is 11.1 Å². The van der Waals surface area contributed by atoms with Crippen molar-refractivity contribution in [2.45, 2.75) is 6.92 Å². The van der Waals surface area contributed by atoms with Crippen molar-refractivity contribution >= 4 is 23.5 Å². The van der Waals surface area contributed by atoms with E-state index in [4.69, 9.17) is 4.74 Å². The maximum Gasteiger partial charge on any atom is 0.323 e. The Morgan fingerprint density at radius 2 is 2.15 bits per heavy atom. The van der Waals surface area contributed by atoms with Gasteiger partial charge in [-0.2, -0.15) is 5.10 Å². The molecule has 0 heterocycles. The van der Waals surface area contributed by atoms with Crippen LogP contribution in [0.4, 0.5) is 11.4 Å². The zero-order valence-corrected chi connectivity index (χ0v) is 14.2. The fourth-order valence-corrected chi connectivity index (χ4v) is 2.22. The number of amides is 1. The molecular weight excluding hydrogens is 340 g/mol. The topological polar surface area (TPSA) is 126 Å². The van der Waals surface area contributed by atoms with Crippen LogP contribution in [0.15, 0.2) is 41.5 Å². The summed E-state index contributed by atoms with van der Waals surface area (Å²) in [6.07, 6.45) is 1.12. The number of ether oxygens (including phenoxy) is 1. The summed E-state index contributed by atoms with van der Waals surface area (Å²) in [5.74, 6) is -1.05. The quantitative estimate of drug-likeness (QED) is 0.396. The Hall–Kier alpha value is -3.62. The largest absolute Gasteiger partial charge is 0.504 e. The Balaban J connectivity index is 2.01. The van der Waals surface area contributed by atoms with E-state index in [1.807, 2.05) is 31.2 Å². The van der Waals surface area contributed by atoms with E-state index in [1.165, 1.54) is 19.2 Å². The average Bonchev–Trinajstić information content (AvgIpc) is 2.60. The van der Waals surface area contributed by atoms with Gasteiger partial charge in [-0.15, -0.1) is 0 Å². The lowest BCUT2D eigenvalue weighted by molar-refractivity contribution is -0.386. The van der Waals surface area contributed by atoms with Crippen molar-refractivity contribution in [3.8, 4) is 11.5 Å². The number of phenols is 1. The average molecular weight is 358 g/mol. The van der Waals surface area contributed by atoms with Crippen LogP contribution < -0.4 is 15.5 Å². The van der Waals surface area contributed by atoms with E-state index >= 15 is 0 Å². The van der Waals surface area contributed by atoms with Gasteiger partial charge in [0.05, 0.1) is 30.4 Å². The maximum atomic E-state index is 11.8. The van der Waals surface area contributed by atoms with Gasteiger partial charge >= 0.3 is 5.69 Å². The van der Waals surface area contributed by atoms with Crippen molar-refractivity contribution in [3.63, 3.8) is 0 Å². The minimum atomic E-state index is -0.693. The van der Waals surface area contributed by atoms with Crippen LogP contribution in [0.25, 0.3) is 0 Å². The van der Waals surface area contributed by atoms with Crippen LogP contribution >= 0.6 is 0 Å². The van der Waals surface area contributed by atoms with Crippen LogP contribution in [0, 0.1) is 17.0 Å². The highest BCUT2D eigenvalue weighted by Crippen LogP contribution is 2.37. The number of aromatic hydroxyl groups is 1. The first-order valence-electron chi connectivity index (χ1n) is 7.59. The van der Waals surface area contributed by atoms with E-state index < -0.39 is 16.5 Å². The molecule has 26 heavy (non-hydrogen) atoms. The molecule has 0 saturated carbocycles.